The SMILES string of the molecule is CCC(CCC(C)CN(CCOC)CCOC)C(C)c1cc(C(F)(F)F)ccc1C. The Morgan fingerprint density at radius 1 is 1.00 bits per heavy atom. The Morgan fingerprint density at radius 2 is 1.60 bits per heavy atom. The van der Waals surface area contributed by atoms with Gasteiger partial charge in [-0.1, -0.05) is 33.3 Å². The van der Waals surface area contributed by atoms with Crippen LogP contribution < -0.4 is 0 Å². The Balaban J connectivity index is 2.74. The Bertz CT molecular complexity index is 599. The minimum Gasteiger partial charge on any atom is -0.383 e. The fourth-order valence-corrected chi connectivity index (χ4v) is 4.13. The second-order valence-electron chi connectivity index (χ2n) is 8.49. The van der Waals surface area contributed by atoms with E-state index in [0.29, 0.717) is 25.0 Å². The smallest absolute Gasteiger partial charge is 0.383 e. The van der Waals surface area contributed by atoms with Crippen molar-refractivity contribution in [3.8, 4) is 0 Å². The van der Waals surface area contributed by atoms with Crippen molar-refractivity contribution in [2.75, 3.05) is 47.1 Å². The first-order valence-corrected chi connectivity index (χ1v) is 11.0. The molecule has 0 aliphatic heterocycles. The predicted molar refractivity (Wildman–Crippen MR) is 117 cm³/mol. The van der Waals surface area contributed by atoms with Crippen LogP contribution in [0.15, 0.2) is 18.2 Å². The first-order valence-electron chi connectivity index (χ1n) is 11.0. The summed E-state index contributed by atoms with van der Waals surface area (Å²) in [6, 6.07) is 4.14. The zero-order valence-electron chi connectivity index (χ0n) is 19.5. The van der Waals surface area contributed by atoms with Gasteiger partial charge in [-0.05, 0) is 60.8 Å². The molecule has 174 valence electrons. The molecule has 3 unspecified atom stereocenters. The van der Waals surface area contributed by atoms with Crippen molar-refractivity contribution in [1.82, 2.24) is 4.90 Å². The summed E-state index contributed by atoms with van der Waals surface area (Å²) in [6.45, 7) is 12.5. The molecule has 0 bridgehead atoms. The maximum Gasteiger partial charge on any atom is 0.416 e. The van der Waals surface area contributed by atoms with E-state index < -0.39 is 11.7 Å². The fourth-order valence-electron chi connectivity index (χ4n) is 4.13. The van der Waals surface area contributed by atoms with Gasteiger partial charge in [-0.3, -0.25) is 4.90 Å². The van der Waals surface area contributed by atoms with Gasteiger partial charge in [-0.25, -0.2) is 0 Å². The molecule has 0 amide bonds. The van der Waals surface area contributed by atoms with Crippen LogP contribution >= 0.6 is 0 Å². The Kier molecular flexibility index (Phi) is 12.0. The first-order chi connectivity index (χ1) is 14.1. The molecule has 30 heavy (non-hydrogen) atoms. The summed E-state index contributed by atoms with van der Waals surface area (Å²) in [5.41, 5.74) is 1.21. The number of methoxy groups -OCH3 is 2. The van der Waals surface area contributed by atoms with Gasteiger partial charge in [-0.15, -0.1) is 0 Å². The Morgan fingerprint density at radius 3 is 2.10 bits per heavy atom. The third-order valence-electron chi connectivity index (χ3n) is 6.15. The monoisotopic (exact) mass is 431 g/mol. The van der Waals surface area contributed by atoms with Gasteiger partial charge in [0.2, 0.25) is 0 Å². The topological polar surface area (TPSA) is 21.7 Å². The fraction of sp³-hybridized carbons (Fsp3) is 0.750. The molecule has 0 aromatic heterocycles. The Labute approximate surface area is 180 Å². The maximum atomic E-state index is 13.2. The lowest BCUT2D eigenvalue weighted by atomic mass is 9.79. The van der Waals surface area contributed by atoms with E-state index in [4.69, 9.17) is 9.47 Å². The standard InChI is InChI=1S/C24H40F3NO2/c1-7-21(10-8-18(2)17-28(12-14-29-5)13-15-30-6)20(4)23-16-22(24(25,26)27)11-9-19(23)3/h9,11,16,18,20-21H,7-8,10,12-15,17H2,1-6H3. The zero-order chi connectivity index (χ0) is 22.7. The minimum absolute atomic E-state index is 0.0996. The molecular weight excluding hydrogens is 391 g/mol. The molecule has 0 saturated carbocycles. The number of ether oxygens (including phenoxy) is 2. The van der Waals surface area contributed by atoms with Crippen LogP contribution in [0, 0.1) is 18.8 Å². The second-order valence-corrected chi connectivity index (χ2v) is 8.49. The van der Waals surface area contributed by atoms with E-state index in [2.05, 4.69) is 25.7 Å². The molecule has 1 aromatic rings. The molecule has 0 heterocycles. The van der Waals surface area contributed by atoms with Crippen LogP contribution in [-0.4, -0.2) is 52.0 Å². The van der Waals surface area contributed by atoms with E-state index in [9.17, 15) is 13.2 Å². The van der Waals surface area contributed by atoms with E-state index in [1.54, 1.807) is 20.3 Å². The summed E-state index contributed by atoms with van der Waals surface area (Å²) in [7, 11) is 3.42. The van der Waals surface area contributed by atoms with Crippen molar-refractivity contribution in [1.29, 1.82) is 0 Å². The molecule has 0 spiro atoms. The highest BCUT2D eigenvalue weighted by atomic mass is 19.4. The molecule has 0 aliphatic rings. The number of hydrogen-bond donors (Lipinski definition) is 0. The van der Waals surface area contributed by atoms with Crippen LogP contribution in [0.3, 0.4) is 0 Å². The van der Waals surface area contributed by atoms with Gasteiger partial charge >= 0.3 is 6.18 Å². The number of aryl methyl sites for hydroxylation is 1. The van der Waals surface area contributed by atoms with E-state index in [1.807, 2.05) is 6.92 Å². The maximum absolute atomic E-state index is 13.2. The lowest BCUT2D eigenvalue weighted by Gasteiger charge is -2.29. The molecule has 1 aromatic carbocycles. The van der Waals surface area contributed by atoms with Crippen LogP contribution in [0.4, 0.5) is 13.2 Å². The van der Waals surface area contributed by atoms with Crippen molar-refractivity contribution < 1.29 is 22.6 Å². The largest absolute Gasteiger partial charge is 0.416 e. The molecular formula is C24H40F3NO2. The lowest BCUT2D eigenvalue weighted by molar-refractivity contribution is -0.137. The predicted octanol–water partition coefficient (Wildman–Crippen LogP) is 6.15. The lowest BCUT2D eigenvalue weighted by Crippen LogP contribution is -2.34. The summed E-state index contributed by atoms with van der Waals surface area (Å²) in [4.78, 5) is 2.36. The van der Waals surface area contributed by atoms with Crippen LogP contribution in [-0.2, 0) is 15.7 Å². The molecule has 0 radical (unpaired) electrons. The summed E-state index contributed by atoms with van der Waals surface area (Å²) in [5.74, 6) is 0.964. The minimum atomic E-state index is -4.30. The zero-order valence-corrected chi connectivity index (χ0v) is 19.5. The molecule has 0 aliphatic carbocycles. The van der Waals surface area contributed by atoms with Crippen molar-refractivity contribution in [2.45, 2.75) is 59.1 Å². The number of nitrogens with zero attached hydrogens (tertiary/aromatic N) is 1. The molecule has 1 rings (SSSR count). The van der Waals surface area contributed by atoms with Gasteiger partial charge in [0.15, 0.2) is 0 Å². The molecule has 0 saturated heterocycles. The Hall–Kier alpha value is -1.11. The third-order valence-corrected chi connectivity index (χ3v) is 6.15. The van der Waals surface area contributed by atoms with Crippen LogP contribution in [0.25, 0.3) is 0 Å². The molecule has 3 nitrogen and oxygen atoms in total. The van der Waals surface area contributed by atoms with Crippen LogP contribution in [0.1, 0.15) is 62.6 Å². The highest BCUT2D eigenvalue weighted by Gasteiger charge is 2.32. The van der Waals surface area contributed by atoms with E-state index in [0.717, 1.165) is 50.0 Å². The van der Waals surface area contributed by atoms with Crippen LogP contribution in [0.2, 0.25) is 0 Å². The van der Waals surface area contributed by atoms with Crippen molar-refractivity contribution in [3.05, 3.63) is 34.9 Å². The highest BCUT2D eigenvalue weighted by molar-refractivity contribution is 5.35. The highest BCUT2D eigenvalue weighted by Crippen LogP contribution is 2.37. The number of benzene rings is 1. The summed E-state index contributed by atoms with van der Waals surface area (Å²) < 4.78 is 50.0. The normalized spacial score (nSPS) is 15.4. The molecule has 0 N–H and O–H groups in total. The van der Waals surface area contributed by atoms with Gasteiger partial charge in [0.05, 0.1) is 18.8 Å². The second kappa shape index (κ2) is 13.3. The molecule has 0 fully saturated rings. The summed E-state index contributed by atoms with van der Waals surface area (Å²) >= 11 is 0. The summed E-state index contributed by atoms with van der Waals surface area (Å²) in [6.07, 6.45) is -1.28. The van der Waals surface area contributed by atoms with Gasteiger partial charge < -0.3 is 9.47 Å². The number of hydrogen-bond acceptors (Lipinski definition) is 3. The number of halogens is 3. The average molecular weight is 432 g/mol. The number of rotatable bonds is 14. The van der Waals surface area contributed by atoms with E-state index in [-0.39, 0.29) is 5.92 Å². The van der Waals surface area contributed by atoms with Crippen molar-refractivity contribution in [2.24, 2.45) is 11.8 Å². The first kappa shape index (κ1) is 26.9. The van der Waals surface area contributed by atoms with Crippen molar-refractivity contribution >= 4 is 0 Å². The van der Waals surface area contributed by atoms with Gasteiger partial charge in [-0.2, -0.15) is 13.2 Å². The quantitative estimate of drug-likeness (QED) is 0.352. The average Bonchev–Trinajstić information content (AvgIpc) is 2.69. The van der Waals surface area contributed by atoms with Gasteiger partial charge in [0.1, 0.15) is 0 Å². The third kappa shape index (κ3) is 8.94. The van der Waals surface area contributed by atoms with Crippen LogP contribution in [0.5, 0.6) is 0 Å². The van der Waals surface area contributed by atoms with Gasteiger partial charge in [0.25, 0.3) is 0 Å². The van der Waals surface area contributed by atoms with E-state index in [1.165, 1.54) is 12.1 Å². The molecule has 6 heteroatoms. The molecule has 3 atom stereocenters. The van der Waals surface area contributed by atoms with Gasteiger partial charge in [0, 0.05) is 33.9 Å². The van der Waals surface area contributed by atoms with E-state index >= 15 is 0 Å². The number of alkyl halides is 3. The van der Waals surface area contributed by atoms with Crippen molar-refractivity contribution in [3.63, 3.8) is 0 Å². The summed E-state index contributed by atoms with van der Waals surface area (Å²) in [5, 5.41) is 0.